The van der Waals surface area contributed by atoms with E-state index in [2.05, 4.69) is 16.0 Å². The zero-order chi connectivity index (χ0) is 32.9. The molecule has 5 amide bonds. The first kappa shape index (κ1) is 34.7. The molecule has 1 fully saturated rings. The van der Waals surface area contributed by atoms with Crippen LogP contribution in [0.5, 0.6) is 0 Å². The van der Waals surface area contributed by atoms with Gasteiger partial charge in [0.05, 0.1) is 6.04 Å². The van der Waals surface area contributed by atoms with Crippen LogP contribution in [-0.2, 0) is 41.7 Å². The first-order chi connectivity index (χ1) is 21.4. The van der Waals surface area contributed by atoms with Crippen LogP contribution in [0.15, 0.2) is 60.7 Å². The molecule has 2 aromatic rings. The molecule has 1 heterocycles. The zero-order valence-electron chi connectivity index (χ0n) is 26.0. The summed E-state index contributed by atoms with van der Waals surface area (Å²) in [7, 11) is 0. The van der Waals surface area contributed by atoms with Crippen molar-refractivity contribution in [2.45, 2.75) is 71.2 Å². The van der Waals surface area contributed by atoms with Crippen molar-refractivity contribution in [3.63, 3.8) is 0 Å². The fraction of sp³-hybridized carbons (Fsp3) is 0.455. The number of rotatable bonds is 14. The minimum Gasteiger partial charge on any atom is -0.445 e. The number of nitrogens with zero attached hydrogens (tertiary/aromatic N) is 1. The number of nitrogens with one attached hydrogen (secondary N) is 3. The molecule has 3 atom stereocenters. The van der Waals surface area contributed by atoms with Gasteiger partial charge < -0.3 is 31.3 Å². The maximum Gasteiger partial charge on any atom is 0.408 e. The fourth-order valence-corrected chi connectivity index (χ4v) is 5.04. The second-order valence-corrected chi connectivity index (χ2v) is 11.7. The molecule has 3 rings (SSSR count). The van der Waals surface area contributed by atoms with Crippen molar-refractivity contribution in [2.24, 2.45) is 17.6 Å². The Hall–Kier alpha value is -4.74. The van der Waals surface area contributed by atoms with Gasteiger partial charge in [-0.3, -0.25) is 24.0 Å². The Morgan fingerprint density at radius 3 is 1.96 bits per heavy atom. The SMILES string of the molecule is CC(C)CC(NC(=O)OCc1ccccc1)C(=O)NC(C)C(=O)C(=O)N1CCC(C(=O)NC(Cc2ccccc2)C(N)=O)CC1. The van der Waals surface area contributed by atoms with E-state index in [1.165, 1.54) is 11.8 Å². The maximum absolute atomic E-state index is 13.0. The van der Waals surface area contributed by atoms with Crippen LogP contribution in [-0.4, -0.2) is 71.6 Å². The molecule has 0 saturated carbocycles. The number of amides is 5. The van der Waals surface area contributed by atoms with E-state index in [0.717, 1.165) is 11.1 Å². The number of alkyl carbamates (subject to hydrolysis) is 1. The minimum atomic E-state index is -1.14. The quantitative estimate of drug-likeness (QED) is 0.233. The highest BCUT2D eigenvalue weighted by Crippen LogP contribution is 2.19. The van der Waals surface area contributed by atoms with Crippen LogP contribution in [0.1, 0.15) is 51.2 Å². The van der Waals surface area contributed by atoms with E-state index >= 15 is 0 Å². The Bertz CT molecular complexity index is 1330. The van der Waals surface area contributed by atoms with Crippen molar-refractivity contribution in [2.75, 3.05) is 13.1 Å². The highest BCUT2D eigenvalue weighted by Gasteiger charge is 2.34. The molecule has 0 radical (unpaired) electrons. The van der Waals surface area contributed by atoms with Crippen LogP contribution >= 0.6 is 0 Å². The summed E-state index contributed by atoms with van der Waals surface area (Å²) in [5.74, 6) is -3.57. The average Bonchev–Trinajstić information content (AvgIpc) is 3.03. The van der Waals surface area contributed by atoms with Gasteiger partial charge in [-0.1, -0.05) is 74.5 Å². The van der Waals surface area contributed by atoms with Gasteiger partial charge in [-0.15, -0.1) is 0 Å². The van der Waals surface area contributed by atoms with E-state index < -0.39 is 53.6 Å². The molecule has 12 heteroatoms. The molecule has 45 heavy (non-hydrogen) atoms. The minimum absolute atomic E-state index is 0.0316. The average molecular weight is 622 g/mol. The lowest BCUT2D eigenvalue weighted by atomic mass is 9.94. The molecule has 0 bridgehead atoms. The summed E-state index contributed by atoms with van der Waals surface area (Å²) >= 11 is 0. The summed E-state index contributed by atoms with van der Waals surface area (Å²) in [6, 6.07) is 15.3. The van der Waals surface area contributed by atoms with Gasteiger partial charge in [0.25, 0.3) is 5.91 Å². The highest BCUT2D eigenvalue weighted by molar-refractivity contribution is 6.38. The summed E-state index contributed by atoms with van der Waals surface area (Å²) in [5, 5.41) is 7.83. The van der Waals surface area contributed by atoms with Crippen LogP contribution in [0.25, 0.3) is 0 Å². The number of carbonyl (C=O) groups is 6. The number of carbonyl (C=O) groups excluding carboxylic acids is 6. The third kappa shape index (κ3) is 11.0. The van der Waals surface area contributed by atoms with Crippen molar-refractivity contribution < 1.29 is 33.5 Å². The van der Waals surface area contributed by atoms with Gasteiger partial charge in [0, 0.05) is 25.4 Å². The van der Waals surface area contributed by atoms with Crippen molar-refractivity contribution in [3.8, 4) is 0 Å². The molecular formula is C33H43N5O7. The summed E-state index contributed by atoms with van der Waals surface area (Å²) < 4.78 is 5.24. The van der Waals surface area contributed by atoms with Gasteiger partial charge >= 0.3 is 6.09 Å². The molecule has 0 aliphatic carbocycles. The molecule has 2 aromatic carbocycles. The second-order valence-electron chi connectivity index (χ2n) is 11.7. The van der Waals surface area contributed by atoms with Crippen LogP contribution in [0, 0.1) is 11.8 Å². The van der Waals surface area contributed by atoms with Crippen molar-refractivity contribution in [1.82, 2.24) is 20.9 Å². The number of primary amides is 1. The number of likely N-dealkylation sites (tertiary alicyclic amines) is 1. The van der Waals surface area contributed by atoms with E-state index in [0.29, 0.717) is 19.3 Å². The number of Topliss-reactive ketones (excluding diaryl/α,β-unsaturated/α-hetero) is 1. The van der Waals surface area contributed by atoms with Gasteiger partial charge in [-0.2, -0.15) is 0 Å². The summed E-state index contributed by atoms with van der Waals surface area (Å²) in [4.78, 5) is 77.6. The first-order valence-electron chi connectivity index (χ1n) is 15.2. The monoisotopic (exact) mass is 621 g/mol. The molecule has 1 aliphatic rings. The molecule has 242 valence electrons. The summed E-state index contributed by atoms with van der Waals surface area (Å²) in [5.41, 5.74) is 7.17. The van der Waals surface area contributed by atoms with Crippen LogP contribution in [0.2, 0.25) is 0 Å². The Kier molecular flexibility index (Phi) is 13.1. The smallest absolute Gasteiger partial charge is 0.408 e. The Labute approximate surface area is 263 Å². The topological polar surface area (TPSA) is 177 Å². The van der Waals surface area contributed by atoms with Crippen LogP contribution < -0.4 is 21.7 Å². The first-order valence-corrected chi connectivity index (χ1v) is 15.2. The van der Waals surface area contributed by atoms with E-state index in [1.807, 2.05) is 62.4 Å². The number of nitrogens with two attached hydrogens (primary N) is 1. The van der Waals surface area contributed by atoms with Gasteiger partial charge in [0.15, 0.2) is 0 Å². The number of ether oxygens (including phenoxy) is 1. The molecular weight excluding hydrogens is 578 g/mol. The predicted molar refractivity (Wildman–Crippen MR) is 166 cm³/mol. The molecule has 0 aromatic heterocycles. The van der Waals surface area contributed by atoms with E-state index in [9.17, 15) is 28.8 Å². The summed E-state index contributed by atoms with van der Waals surface area (Å²) in [6.45, 7) is 5.54. The molecule has 3 unspecified atom stereocenters. The number of benzene rings is 2. The predicted octanol–water partition coefficient (Wildman–Crippen LogP) is 1.85. The second kappa shape index (κ2) is 16.9. The molecule has 1 aliphatic heterocycles. The lowest BCUT2D eigenvalue weighted by Crippen LogP contribution is -2.54. The van der Waals surface area contributed by atoms with Crippen molar-refractivity contribution in [1.29, 1.82) is 0 Å². The normalized spacial score (nSPS) is 15.3. The Morgan fingerprint density at radius 2 is 1.40 bits per heavy atom. The third-order valence-corrected chi connectivity index (χ3v) is 7.59. The number of hydrogen-bond donors (Lipinski definition) is 4. The van der Waals surface area contributed by atoms with Crippen molar-refractivity contribution in [3.05, 3.63) is 71.8 Å². The highest BCUT2D eigenvalue weighted by atomic mass is 16.5. The Balaban J connectivity index is 1.48. The zero-order valence-corrected chi connectivity index (χ0v) is 26.0. The standard InChI is InChI=1S/C33H43N5O7/c1-21(2)18-27(37-33(44)45-20-24-12-8-5-9-13-24)31(42)35-22(3)28(39)32(43)38-16-14-25(15-17-38)30(41)36-26(29(34)40)19-23-10-6-4-7-11-23/h4-13,21-22,25-27H,14-20H2,1-3H3,(H2,34,40)(H,35,42)(H,36,41)(H,37,44). The molecule has 1 saturated heterocycles. The molecule has 12 nitrogen and oxygen atoms in total. The number of piperidine rings is 1. The lowest BCUT2D eigenvalue weighted by molar-refractivity contribution is -0.147. The van der Waals surface area contributed by atoms with Gasteiger partial charge in [-0.25, -0.2) is 4.79 Å². The van der Waals surface area contributed by atoms with Crippen molar-refractivity contribution >= 4 is 35.5 Å². The van der Waals surface area contributed by atoms with Crippen LogP contribution in [0.4, 0.5) is 4.79 Å². The van der Waals surface area contributed by atoms with E-state index in [1.54, 1.807) is 12.1 Å². The summed E-state index contributed by atoms with van der Waals surface area (Å²) in [6.07, 6.45) is 0.379. The lowest BCUT2D eigenvalue weighted by Gasteiger charge is -2.32. The van der Waals surface area contributed by atoms with Gasteiger partial charge in [0.1, 0.15) is 18.7 Å². The largest absolute Gasteiger partial charge is 0.445 e. The van der Waals surface area contributed by atoms with Crippen LogP contribution in [0.3, 0.4) is 0 Å². The number of hydrogen-bond acceptors (Lipinski definition) is 7. The van der Waals surface area contributed by atoms with Gasteiger partial charge in [0.2, 0.25) is 23.5 Å². The molecule has 0 spiro atoms. The number of ketones is 1. The Morgan fingerprint density at radius 1 is 0.822 bits per heavy atom. The third-order valence-electron chi connectivity index (χ3n) is 7.59. The van der Waals surface area contributed by atoms with E-state index in [-0.39, 0.29) is 37.9 Å². The fourth-order valence-electron chi connectivity index (χ4n) is 5.04. The van der Waals surface area contributed by atoms with E-state index in [4.69, 9.17) is 10.5 Å². The molecule has 5 N–H and O–H groups in total. The maximum atomic E-state index is 13.0. The van der Waals surface area contributed by atoms with Gasteiger partial charge in [-0.05, 0) is 43.2 Å².